The summed E-state index contributed by atoms with van der Waals surface area (Å²) in [5.41, 5.74) is 4.10. The molecule has 5 fully saturated rings. The Labute approximate surface area is 262 Å². The third-order valence-corrected chi connectivity index (χ3v) is 13.3. The predicted molar refractivity (Wildman–Crippen MR) is 167 cm³/mol. The molecule has 0 radical (unpaired) electrons. The largest absolute Gasteiger partial charge is 0.462 e. The van der Waals surface area contributed by atoms with Crippen LogP contribution in [0.1, 0.15) is 95.3 Å². The topological polar surface area (TPSA) is 57.2 Å². The highest BCUT2D eigenvalue weighted by atomic mass is 17.0. The smallest absolute Gasteiger partial charge is 0.302 e. The molecule has 3 saturated carbocycles. The second-order valence-electron chi connectivity index (χ2n) is 15.0. The molecule has 2 saturated heterocycles. The molecule has 0 aromatic heterocycles. The minimum atomic E-state index is -0.761. The molecule has 6 aliphatic rings. The molecule has 234 valence electrons. The normalized spacial score (nSPS) is 44.4. The van der Waals surface area contributed by atoms with Gasteiger partial charge in [0.15, 0.2) is 5.79 Å². The first kappa shape index (κ1) is 28.9. The molecule has 4 aliphatic carbocycles. The lowest BCUT2D eigenvalue weighted by Gasteiger charge is -2.60. The molecule has 2 aromatic carbocycles. The lowest BCUT2D eigenvalue weighted by Crippen LogP contribution is -2.64. The number of allylic oxidation sites excluding steroid dienone is 1. The Balaban J connectivity index is 1.15. The van der Waals surface area contributed by atoms with Gasteiger partial charge in [0.1, 0.15) is 12.2 Å². The standard InChI is InChI=1S/C38H47NO5/c1-24(40)42-28-17-19-36(2)27(21-28)15-16-29-30(36)18-20-37(3)31(29)22-32-35(26-13-9-6-10-14-26)33-23-34(25-11-7-5-8-12-25)43-39(33)44-38(32,37)41-4/h5-15,28-35H,16-23H2,1-4H3/t28-,29+,30-,31-,32-,33+,34+,35-,36-,37-,38+/m0/s1. The number of hydrogen-bond donors (Lipinski definition) is 0. The van der Waals surface area contributed by atoms with E-state index in [4.69, 9.17) is 19.1 Å². The van der Waals surface area contributed by atoms with Gasteiger partial charge in [0.25, 0.3) is 0 Å². The fraction of sp³-hybridized carbons (Fsp3) is 0.605. The van der Waals surface area contributed by atoms with E-state index >= 15 is 0 Å². The number of nitrogens with zero attached hydrogens (tertiary/aromatic N) is 1. The van der Waals surface area contributed by atoms with Crippen molar-refractivity contribution in [2.24, 2.45) is 34.5 Å². The number of ether oxygens (including phenoxy) is 2. The Morgan fingerprint density at radius 2 is 1.64 bits per heavy atom. The zero-order valence-electron chi connectivity index (χ0n) is 26.6. The Bertz CT molecular complexity index is 1430. The van der Waals surface area contributed by atoms with Gasteiger partial charge in [-0.25, -0.2) is 4.84 Å². The maximum Gasteiger partial charge on any atom is 0.302 e. The fourth-order valence-corrected chi connectivity index (χ4v) is 11.3. The van der Waals surface area contributed by atoms with E-state index in [9.17, 15) is 4.79 Å². The quantitative estimate of drug-likeness (QED) is 0.264. The highest BCUT2D eigenvalue weighted by Crippen LogP contribution is 2.73. The molecule has 6 nitrogen and oxygen atoms in total. The van der Waals surface area contributed by atoms with Crippen molar-refractivity contribution in [3.8, 4) is 0 Å². The summed E-state index contributed by atoms with van der Waals surface area (Å²) in [6.45, 7) is 6.51. The van der Waals surface area contributed by atoms with E-state index in [-0.39, 0.29) is 46.9 Å². The lowest BCUT2D eigenvalue weighted by atomic mass is 9.47. The molecule has 2 heterocycles. The minimum Gasteiger partial charge on any atom is -0.462 e. The van der Waals surface area contributed by atoms with Crippen molar-refractivity contribution in [3.63, 3.8) is 0 Å². The van der Waals surface area contributed by atoms with E-state index < -0.39 is 5.79 Å². The molecule has 0 amide bonds. The highest BCUT2D eigenvalue weighted by molar-refractivity contribution is 5.66. The first-order valence-electron chi connectivity index (χ1n) is 16.9. The number of methoxy groups -OCH3 is 1. The van der Waals surface area contributed by atoms with Crippen molar-refractivity contribution in [3.05, 3.63) is 83.4 Å². The van der Waals surface area contributed by atoms with Gasteiger partial charge in [-0.3, -0.25) is 9.63 Å². The van der Waals surface area contributed by atoms with Crippen molar-refractivity contribution in [2.45, 2.75) is 102 Å². The highest BCUT2D eigenvalue weighted by Gasteiger charge is 2.74. The number of carbonyl (C=O) groups is 1. The number of carbonyl (C=O) groups excluding carboxylic acids is 1. The van der Waals surface area contributed by atoms with Gasteiger partial charge in [0, 0.05) is 44.1 Å². The SMILES string of the molecule is CO[C@@]12ON3O[C@@H](c4ccccc4)C[C@@H]3[C@@H](c3ccccc3)[C@@H]1C[C@H]1[C@@H]3CC=C4C[C@@H](OC(C)=O)CC[C@]4(C)[C@H]3CC[C@@]12C. The van der Waals surface area contributed by atoms with Gasteiger partial charge < -0.3 is 9.47 Å². The summed E-state index contributed by atoms with van der Waals surface area (Å²) in [6, 6.07) is 21.8. The van der Waals surface area contributed by atoms with Gasteiger partial charge in [-0.05, 0) is 72.8 Å². The molecule has 11 atom stereocenters. The van der Waals surface area contributed by atoms with Gasteiger partial charge in [0.2, 0.25) is 0 Å². The number of hydrogen-bond acceptors (Lipinski definition) is 6. The van der Waals surface area contributed by atoms with E-state index in [1.807, 2.05) is 12.3 Å². The average Bonchev–Trinajstić information content (AvgIpc) is 3.57. The van der Waals surface area contributed by atoms with E-state index in [1.54, 1.807) is 0 Å². The summed E-state index contributed by atoms with van der Waals surface area (Å²) in [6.07, 6.45) is 10.8. The van der Waals surface area contributed by atoms with Crippen molar-refractivity contribution >= 4 is 5.97 Å². The van der Waals surface area contributed by atoms with Crippen LogP contribution in [0.4, 0.5) is 0 Å². The van der Waals surface area contributed by atoms with Crippen LogP contribution in [-0.2, 0) is 23.9 Å². The van der Waals surface area contributed by atoms with Crippen molar-refractivity contribution in [1.29, 1.82) is 0 Å². The minimum absolute atomic E-state index is 0.0246. The Morgan fingerprint density at radius 3 is 2.34 bits per heavy atom. The number of hydroxylamine groups is 2. The molecule has 0 unspecified atom stereocenters. The molecule has 2 aliphatic heterocycles. The van der Waals surface area contributed by atoms with Crippen LogP contribution >= 0.6 is 0 Å². The molecule has 0 bridgehead atoms. The van der Waals surface area contributed by atoms with Crippen LogP contribution in [0, 0.1) is 34.5 Å². The first-order valence-corrected chi connectivity index (χ1v) is 16.9. The molecule has 6 heteroatoms. The molecular formula is C38H47NO5. The molecule has 8 rings (SSSR count). The third kappa shape index (κ3) is 4.10. The van der Waals surface area contributed by atoms with Crippen LogP contribution < -0.4 is 0 Å². The van der Waals surface area contributed by atoms with E-state index in [1.165, 1.54) is 23.6 Å². The molecule has 2 aromatic rings. The van der Waals surface area contributed by atoms with Crippen LogP contribution in [0.5, 0.6) is 0 Å². The number of esters is 1. The summed E-state index contributed by atoms with van der Waals surface area (Å²) in [5.74, 6) is 1.24. The van der Waals surface area contributed by atoms with Gasteiger partial charge in [0.05, 0.1) is 6.04 Å². The van der Waals surface area contributed by atoms with Crippen LogP contribution in [0.15, 0.2) is 72.3 Å². The first-order chi connectivity index (χ1) is 21.3. The Morgan fingerprint density at radius 1 is 0.909 bits per heavy atom. The van der Waals surface area contributed by atoms with Crippen molar-refractivity contribution < 1.29 is 23.9 Å². The lowest BCUT2D eigenvalue weighted by molar-refractivity contribution is -0.502. The second-order valence-corrected chi connectivity index (χ2v) is 15.0. The maximum atomic E-state index is 11.7. The third-order valence-electron chi connectivity index (χ3n) is 13.3. The average molecular weight is 598 g/mol. The van der Waals surface area contributed by atoms with Crippen LogP contribution in [0.2, 0.25) is 0 Å². The molecule has 0 spiro atoms. The van der Waals surface area contributed by atoms with Crippen molar-refractivity contribution in [1.82, 2.24) is 5.23 Å². The van der Waals surface area contributed by atoms with Crippen LogP contribution in [-0.4, -0.2) is 36.2 Å². The molecule has 0 N–H and O–H groups in total. The van der Waals surface area contributed by atoms with E-state index in [0.29, 0.717) is 17.8 Å². The zero-order chi connectivity index (χ0) is 30.3. The zero-order valence-corrected chi connectivity index (χ0v) is 26.6. The maximum absolute atomic E-state index is 11.7. The Hall–Kier alpha value is -2.51. The van der Waals surface area contributed by atoms with E-state index in [0.717, 1.165) is 51.4 Å². The van der Waals surface area contributed by atoms with Gasteiger partial charge in [-0.15, -0.1) is 0 Å². The number of rotatable bonds is 4. The van der Waals surface area contributed by atoms with Crippen LogP contribution in [0.25, 0.3) is 0 Å². The summed E-state index contributed by atoms with van der Waals surface area (Å²) in [5, 5.41) is 1.87. The molecular weight excluding hydrogens is 550 g/mol. The monoisotopic (exact) mass is 597 g/mol. The summed E-state index contributed by atoms with van der Waals surface area (Å²) in [7, 11) is 1.87. The van der Waals surface area contributed by atoms with Crippen LogP contribution in [0.3, 0.4) is 0 Å². The number of benzene rings is 2. The summed E-state index contributed by atoms with van der Waals surface area (Å²) < 4.78 is 12.4. The fourth-order valence-electron chi connectivity index (χ4n) is 11.3. The number of fused-ring (bicyclic) bond motifs is 8. The predicted octanol–water partition coefficient (Wildman–Crippen LogP) is 7.93. The summed E-state index contributed by atoms with van der Waals surface area (Å²) in [4.78, 5) is 25.6. The second kappa shape index (κ2) is 10.5. The summed E-state index contributed by atoms with van der Waals surface area (Å²) >= 11 is 0. The van der Waals surface area contributed by atoms with Gasteiger partial charge in [-0.2, -0.15) is 0 Å². The van der Waals surface area contributed by atoms with Crippen molar-refractivity contribution in [2.75, 3.05) is 7.11 Å². The van der Waals surface area contributed by atoms with E-state index in [2.05, 4.69) is 80.6 Å². The Kier molecular flexibility index (Phi) is 6.91. The van der Waals surface area contributed by atoms with Gasteiger partial charge in [-0.1, -0.05) is 91.4 Å². The molecule has 44 heavy (non-hydrogen) atoms. The van der Waals surface area contributed by atoms with Gasteiger partial charge >= 0.3 is 5.97 Å².